The minimum absolute atomic E-state index is 1.13. The van der Waals surface area contributed by atoms with E-state index in [0.29, 0.717) is 0 Å². The number of nitrogens with zero attached hydrogens (tertiary/aromatic N) is 2. The van der Waals surface area contributed by atoms with E-state index in [2.05, 4.69) is 217 Å². The summed E-state index contributed by atoms with van der Waals surface area (Å²) >= 11 is 1.91. The second-order valence-electron chi connectivity index (χ2n) is 15.4. The molecule has 0 unspecified atom stereocenters. The van der Waals surface area contributed by atoms with E-state index >= 15 is 0 Å². The molecule has 0 aliphatic carbocycles. The summed E-state index contributed by atoms with van der Waals surface area (Å²) in [6, 6.07) is 69.2. The fourth-order valence-corrected chi connectivity index (χ4v) is 10.6. The molecule has 4 heteroatoms. The van der Waals surface area contributed by atoms with Gasteiger partial charge in [0.2, 0.25) is 0 Å². The first-order valence-electron chi connectivity index (χ1n) is 19.0. The smallest absolute Gasteiger partial charge is 0.0775 e. The van der Waals surface area contributed by atoms with Crippen molar-refractivity contribution in [3.63, 3.8) is 0 Å². The zero-order chi connectivity index (χ0) is 37.1. The number of hydrogen-bond donors (Lipinski definition) is 0. The summed E-state index contributed by atoms with van der Waals surface area (Å²) in [5.41, 5.74) is 6.90. The maximum atomic E-state index is 2.41. The van der Waals surface area contributed by atoms with Crippen LogP contribution in [0.5, 0.6) is 0 Å². The molecule has 9 aromatic carbocycles. The fourth-order valence-electron chi connectivity index (χ4n) is 8.18. The highest BCUT2D eigenvalue weighted by Crippen LogP contribution is 2.47. The van der Waals surface area contributed by atoms with E-state index < -0.39 is 8.07 Å². The third-order valence-corrected chi connectivity index (χ3v) is 14.2. The van der Waals surface area contributed by atoms with Crippen LogP contribution < -0.4 is 15.0 Å². The summed E-state index contributed by atoms with van der Waals surface area (Å²) in [7, 11) is -1.42. The molecule has 10 rings (SSSR count). The molecule has 1 heterocycles. The van der Waals surface area contributed by atoms with Crippen LogP contribution in [0.15, 0.2) is 188 Å². The minimum atomic E-state index is -1.42. The van der Waals surface area contributed by atoms with Crippen molar-refractivity contribution >= 4 is 111 Å². The zero-order valence-corrected chi connectivity index (χ0v) is 33.0. The molecule has 0 fully saturated rings. The number of anilines is 6. The molecule has 264 valence electrons. The molecule has 0 aliphatic rings. The maximum absolute atomic E-state index is 2.41. The number of para-hydroxylation sites is 2. The van der Waals surface area contributed by atoms with Gasteiger partial charge < -0.3 is 9.80 Å². The van der Waals surface area contributed by atoms with E-state index in [9.17, 15) is 0 Å². The highest BCUT2D eigenvalue weighted by molar-refractivity contribution is 7.27. The van der Waals surface area contributed by atoms with Crippen molar-refractivity contribution in [2.24, 2.45) is 0 Å². The van der Waals surface area contributed by atoms with Gasteiger partial charge in [0, 0.05) is 59.7 Å². The van der Waals surface area contributed by atoms with Gasteiger partial charge in [0.05, 0.1) is 8.07 Å². The van der Waals surface area contributed by atoms with Crippen LogP contribution in [0.1, 0.15) is 0 Å². The van der Waals surface area contributed by atoms with Gasteiger partial charge in [-0.15, -0.1) is 11.3 Å². The molecule has 0 bridgehead atoms. The molecule has 0 spiro atoms. The fraction of sp³-hybridized carbons (Fsp3) is 0.0588. The third-order valence-electron chi connectivity index (χ3n) is 10.9. The van der Waals surface area contributed by atoms with Crippen LogP contribution >= 0.6 is 11.3 Å². The van der Waals surface area contributed by atoms with Gasteiger partial charge in [0.1, 0.15) is 0 Å². The summed E-state index contributed by atoms with van der Waals surface area (Å²) in [4.78, 5) is 4.78. The van der Waals surface area contributed by atoms with Crippen molar-refractivity contribution in [2.75, 3.05) is 9.80 Å². The Morgan fingerprint density at radius 2 is 0.873 bits per heavy atom. The molecule has 1 aromatic heterocycles. The van der Waals surface area contributed by atoms with Crippen molar-refractivity contribution in [1.82, 2.24) is 0 Å². The predicted molar refractivity (Wildman–Crippen MR) is 244 cm³/mol. The number of hydrogen-bond acceptors (Lipinski definition) is 3. The highest BCUT2D eigenvalue weighted by atomic mass is 32.1. The van der Waals surface area contributed by atoms with E-state index in [1.54, 1.807) is 0 Å². The SMILES string of the molecule is C[Si](C)(C)c1ccc(N(c2ccccc2)c2ccc3c(c2)sc2c4ccc(N(c5ccccc5)c5ccc6ccccc6c5)cc4c4ccccc4c32)cc1. The molecule has 0 radical (unpaired) electrons. The molecule has 10 aromatic rings. The maximum Gasteiger partial charge on any atom is 0.0775 e. The van der Waals surface area contributed by atoms with Crippen LogP contribution in [0, 0.1) is 0 Å². The Balaban J connectivity index is 1.16. The van der Waals surface area contributed by atoms with E-state index in [-0.39, 0.29) is 0 Å². The lowest BCUT2D eigenvalue weighted by Gasteiger charge is -2.26. The Labute approximate surface area is 327 Å². The molecule has 55 heavy (non-hydrogen) atoms. The lowest BCUT2D eigenvalue weighted by atomic mass is 9.96. The predicted octanol–water partition coefficient (Wildman–Crippen LogP) is 15.0. The summed E-state index contributed by atoms with van der Waals surface area (Å²) in [6.45, 7) is 7.22. The number of rotatable bonds is 7. The van der Waals surface area contributed by atoms with Gasteiger partial charge >= 0.3 is 0 Å². The van der Waals surface area contributed by atoms with Gasteiger partial charge in [-0.25, -0.2) is 0 Å². The van der Waals surface area contributed by atoms with E-state index in [0.717, 1.165) is 28.4 Å². The Morgan fingerprint density at radius 3 is 1.56 bits per heavy atom. The number of thiophene rings is 1. The standard InChI is InChI=1S/C51H40N2SSi/c1-55(2,3)43-28-24-39(25-29-43)52(37-16-6-4-7-17-37)42-27-31-47-49(34-42)54-51-46-30-26-41(33-48(46)44-20-12-13-21-45(44)50(47)51)53(38-18-8-5-9-19-38)40-23-22-35-14-10-11-15-36(35)32-40/h4-34H,1-3H3. The van der Waals surface area contributed by atoms with Gasteiger partial charge in [0.25, 0.3) is 0 Å². The third kappa shape index (κ3) is 5.86. The quantitative estimate of drug-likeness (QED) is 0.119. The topological polar surface area (TPSA) is 6.48 Å². The number of benzene rings is 9. The average molecular weight is 741 g/mol. The molecular formula is C51H40N2SSi. The van der Waals surface area contributed by atoms with Gasteiger partial charge in [-0.3, -0.25) is 0 Å². The Bertz CT molecular complexity index is 3020. The van der Waals surface area contributed by atoms with Crippen molar-refractivity contribution in [3.8, 4) is 0 Å². The monoisotopic (exact) mass is 740 g/mol. The molecule has 2 nitrogen and oxygen atoms in total. The second kappa shape index (κ2) is 13.3. The van der Waals surface area contributed by atoms with Crippen LogP contribution in [0.2, 0.25) is 19.6 Å². The zero-order valence-electron chi connectivity index (χ0n) is 31.2. The van der Waals surface area contributed by atoms with Gasteiger partial charge in [-0.2, -0.15) is 0 Å². The van der Waals surface area contributed by atoms with E-state index in [4.69, 9.17) is 0 Å². The Kier molecular flexibility index (Phi) is 8.05. The molecule has 0 amide bonds. The van der Waals surface area contributed by atoms with Crippen molar-refractivity contribution in [2.45, 2.75) is 19.6 Å². The molecule has 0 aliphatic heterocycles. The first-order valence-corrected chi connectivity index (χ1v) is 23.3. The molecular weight excluding hydrogens is 701 g/mol. The van der Waals surface area contributed by atoms with Crippen LogP contribution in [0.3, 0.4) is 0 Å². The lowest BCUT2D eigenvalue weighted by Crippen LogP contribution is -2.37. The van der Waals surface area contributed by atoms with E-state index in [1.165, 1.54) is 63.4 Å². The van der Waals surface area contributed by atoms with Crippen molar-refractivity contribution < 1.29 is 0 Å². The van der Waals surface area contributed by atoms with Crippen LogP contribution in [-0.2, 0) is 0 Å². The lowest BCUT2D eigenvalue weighted by molar-refractivity contribution is 1.29. The first kappa shape index (κ1) is 33.4. The molecule has 0 N–H and O–H groups in total. The van der Waals surface area contributed by atoms with Crippen molar-refractivity contribution in [3.05, 3.63) is 188 Å². The minimum Gasteiger partial charge on any atom is -0.310 e. The summed E-state index contributed by atoms with van der Waals surface area (Å²) in [5.74, 6) is 0. The average Bonchev–Trinajstić information content (AvgIpc) is 3.61. The van der Waals surface area contributed by atoms with Gasteiger partial charge in [0.15, 0.2) is 0 Å². The first-order chi connectivity index (χ1) is 26.9. The second-order valence-corrected chi connectivity index (χ2v) is 21.6. The van der Waals surface area contributed by atoms with Gasteiger partial charge in [-0.1, -0.05) is 140 Å². The summed E-state index contributed by atoms with van der Waals surface area (Å²) < 4.78 is 2.62. The highest BCUT2D eigenvalue weighted by Gasteiger charge is 2.21. The summed E-state index contributed by atoms with van der Waals surface area (Å²) in [5, 5.41) is 11.7. The van der Waals surface area contributed by atoms with Crippen LogP contribution in [0.25, 0.3) is 52.5 Å². The normalized spacial score (nSPS) is 11.9. The summed E-state index contributed by atoms with van der Waals surface area (Å²) in [6.07, 6.45) is 0. The number of fused-ring (bicyclic) bond motifs is 9. The Hall–Kier alpha value is -6.20. The van der Waals surface area contributed by atoms with Crippen LogP contribution in [0.4, 0.5) is 34.1 Å². The van der Waals surface area contributed by atoms with E-state index in [1.807, 2.05) is 11.3 Å². The largest absolute Gasteiger partial charge is 0.310 e. The molecule has 0 atom stereocenters. The van der Waals surface area contributed by atoms with Crippen LogP contribution in [-0.4, -0.2) is 8.07 Å². The van der Waals surface area contributed by atoms with Gasteiger partial charge in [-0.05, 0) is 99.7 Å². The van der Waals surface area contributed by atoms with Crippen molar-refractivity contribution in [1.29, 1.82) is 0 Å². The Morgan fingerprint density at radius 1 is 0.364 bits per heavy atom. The molecule has 0 saturated heterocycles. The molecule has 0 saturated carbocycles.